The van der Waals surface area contributed by atoms with Gasteiger partial charge in [-0.15, -0.1) is 0 Å². The first kappa shape index (κ1) is 14.2. The molecule has 0 aromatic heterocycles. The molecule has 0 saturated carbocycles. The summed E-state index contributed by atoms with van der Waals surface area (Å²) in [5.41, 5.74) is 3.19. The second kappa shape index (κ2) is 5.43. The summed E-state index contributed by atoms with van der Waals surface area (Å²) in [6.45, 7) is 3.49. The summed E-state index contributed by atoms with van der Waals surface area (Å²) < 4.78 is 5.13. The summed E-state index contributed by atoms with van der Waals surface area (Å²) >= 11 is 0. The first-order valence-corrected chi connectivity index (χ1v) is 6.29. The van der Waals surface area contributed by atoms with E-state index in [1.165, 1.54) is 7.11 Å². The summed E-state index contributed by atoms with van der Waals surface area (Å²) in [7, 11) is 1.48. The van der Waals surface area contributed by atoms with Crippen LogP contribution >= 0.6 is 0 Å². The van der Waals surface area contributed by atoms with Crippen LogP contribution in [0, 0.1) is 13.8 Å². The van der Waals surface area contributed by atoms with E-state index in [4.69, 9.17) is 4.74 Å². The van der Waals surface area contributed by atoms with Crippen molar-refractivity contribution >= 4 is 0 Å². The van der Waals surface area contributed by atoms with Gasteiger partial charge < -0.3 is 20.1 Å². The lowest BCUT2D eigenvalue weighted by molar-refractivity contribution is 0.275. The molecule has 0 heterocycles. The van der Waals surface area contributed by atoms with E-state index in [-0.39, 0.29) is 18.1 Å². The van der Waals surface area contributed by atoms with Gasteiger partial charge in [-0.3, -0.25) is 0 Å². The lowest BCUT2D eigenvalue weighted by atomic mass is 9.96. The Morgan fingerprint density at radius 1 is 0.900 bits per heavy atom. The molecule has 0 radical (unpaired) electrons. The average molecular weight is 274 g/mol. The maximum atomic E-state index is 10.2. The predicted molar refractivity (Wildman–Crippen MR) is 77.2 cm³/mol. The molecule has 4 heteroatoms. The Morgan fingerprint density at radius 3 is 2.00 bits per heavy atom. The SMILES string of the molecule is COc1cc(C)cc(-c2cc(C)cc(CO)c2O)c1O. The summed E-state index contributed by atoms with van der Waals surface area (Å²) in [4.78, 5) is 0. The Balaban J connectivity index is 2.74. The smallest absolute Gasteiger partial charge is 0.165 e. The fourth-order valence-electron chi connectivity index (χ4n) is 2.29. The second-order valence-electron chi connectivity index (χ2n) is 4.84. The number of phenolic OH excluding ortho intramolecular Hbond substituents is 1. The van der Waals surface area contributed by atoms with Gasteiger partial charge in [0, 0.05) is 16.7 Å². The van der Waals surface area contributed by atoms with Gasteiger partial charge in [0.1, 0.15) is 5.75 Å². The van der Waals surface area contributed by atoms with Gasteiger partial charge in [-0.05, 0) is 43.2 Å². The number of aliphatic hydroxyl groups is 1. The molecule has 20 heavy (non-hydrogen) atoms. The molecule has 3 N–H and O–H groups in total. The first-order valence-electron chi connectivity index (χ1n) is 6.29. The number of phenols is 2. The lowest BCUT2D eigenvalue weighted by Crippen LogP contribution is -1.93. The summed E-state index contributed by atoms with van der Waals surface area (Å²) in [5, 5.41) is 29.8. The summed E-state index contributed by atoms with van der Waals surface area (Å²) in [5.74, 6) is 0.301. The van der Waals surface area contributed by atoms with Gasteiger partial charge in [0.2, 0.25) is 0 Å². The van der Waals surface area contributed by atoms with E-state index in [9.17, 15) is 15.3 Å². The first-order chi connectivity index (χ1) is 9.47. The maximum Gasteiger partial charge on any atom is 0.165 e. The number of aryl methyl sites for hydroxylation is 2. The van der Waals surface area contributed by atoms with Gasteiger partial charge in [0.05, 0.1) is 13.7 Å². The van der Waals surface area contributed by atoms with Crippen molar-refractivity contribution in [2.45, 2.75) is 20.5 Å². The molecule has 2 rings (SSSR count). The van der Waals surface area contributed by atoms with Crippen molar-refractivity contribution in [2.75, 3.05) is 7.11 Å². The summed E-state index contributed by atoms with van der Waals surface area (Å²) in [6.07, 6.45) is 0. The Hall–Kier alpha value is -2.20. The molecule has 0 unspecified atom stereocenters. The van der Waals surface area contributed by atoms with E-state index >= 15 is 0 Å². The Labute approximate surface area is 117 Å². The molecule has 0 aliphatic carbocycles. The molecule has 106 valence electrons. The highest BCUT2D eigenvalue weighted by atomic mass is 16.5. The van der Waals surface area contributed by atoms with Crippen LogP contribution in [0.25, 0.3) is 11.1 Å². The van der Waals surface area contributed by atoms with Crippen LogP contribution in [0.3, 0.4) is 0 Å². The fraction of sp³-hybridized carbons (Fsp3) is 0.250. The molecule has 0 fully saturated rings. The molecular formula is C16H18O4. The minimum atomic E-state index is -0.260. The third-order valence-electron chi connectivity index (χ3n) is 3.23. The average Bonchev–Trinajstić information content (AvgIpc) is 2.43. The van der Waals surface area contributed by atoms with E-state index in [1.807, 2.05) is 13.8 Å². The van der Waals surface area contributed by atoms with Crippen LogP contribution in [0.5, 0.6) is 17.2 Å². The van der Waals surface area contributed by atoms with E-state index in [1.54, 1.807) is 24.3 Å². The predicted octanol–water partition coefficient (Wildman–Crippen LogP) is 2.88. The zero-order chi connectivity index (χ0) is 14.9. The van der Waals surface area contributed by atoms with Crippen LogP contribution in [0.4, 0.5) is 0 Å². The van der Waals surface area contributed by atoms with Crippen molar-refractivity contribution in [1.29, 1.82) is 0 Å². The molecule has 4 nitrogen and oxygen atoms in total. The van der Waals surface area contributed by atoms with Crippen molar-refractivity contribution in [3.8, 4) is 28.4 Å². The van der Waals surface area contributed by atoms with Crippen LogP contribution in [-0.2, 0) is 6.61 Å². The van der Waals surface area contributed by atoms with Crippen molar-refractivity contribution in [3.63, 3.8) is 0 Å². The highest BCUT2D eigenvalue weighted by Gasteiger charge is 2.16. The zero-order valence-electron chi connectivity index (χ0n) is 11.8. The van der Waals surface area contributed by atoms with Gasteiger partial charge in [0.15, 0.2) is 11.5 Å². The van der Waals surface area contributed by atoms with Crippen molar-refractivity contribution < 1.29 is 20.1 Å². The van der Waals surface area contributed by atoms with E-state index < -0.39 is 0 Å². The van der Waals surface area contributed by atoms with Crippen LogP contribution in [0.2, 0.25) is 0 Å². The number of hydrogen-bond acceptors (Lipinski definition) is 4. The maximum absolute atomic E-state index is 10.2. The standard InChI is InChI=1S/C16H18O4/c1-9-4-11(8-17)15(18)12(5-9)13-6-10(2)7-14(20-3)16(13)19/h4-7,17-19H,8H2,1-3H3. The normalized spacial score (nSPS) is 10.6. The fourth-order valence-corrected chi connectivity index (χ4v) is 2.29. The third-order valence-corrected chi connectivity index (χ3v) is 3.23. The Bertz CT molecular complexity index is 590. The number of aromatic hydroxyl groups is 2. The number of rotatable bonds is 3. The number of ether oxygens (including phenoxy) is 1. The lowest BCUT2D eigenvalue weighted by Gasteiger charge is -2.14. The highest BCUT2D eigenvalue weighted by molar-refractivity contribution is 5.80. The number of benzene rings is 2. The third kappa shape index (κ3) is 2.42. The highest BCUT2D eigenvalue weighted by Crippen LogP contribution is 2.43. The van der Waals surface area contributed by atoms with Crippen LogP contribution in [0.15, 0.2) is 24.3 Å². The molecule has 2 aromatic rings. The number of methoxy groups -OCH3 is 1. The topological polar surface area (TPSA) is 69.9 Å². The van der Waals surface area contributed by atoms with Crippen molar-refractivity contribution in [3.05, 3.63) is 41.0 Å². The van der Waals surface area contributed by atoms with Gasteiger partial charge in [-0.2, -0.15) is 0 Å². The molecule has 0 saturated heterocycles. The number of aliphatic hydroxyl groups excluding tert-OH is 1. The minimum Gasteiger partial charge on any atom is -0.507 e. The second-order valence-corrected chi connectivity index (χ2v) is 4.84. The Kier molecular flexibility index (Phi) is 3.86. The van der Waals surface area contributed by atoms with Gasteiger partial charge in [0.25, 0.3) is 0 Å². The molecule has 2 aromatic carbocycles. The minimum absolute atomic E-state index is 0.0251. The van der Waals surface area contributed by atoms with Gasteiger partial charge in [-0.1, -0.05) is 6.07 Å². The quantitative estimate of drug-likeness (QED) is 0.805. The molecule has 0 aliphatic rings. The Morgan fingerprint density at radius 2 is 1.45 bits per heavy atom. The zero-order valence-corrected chi connectivity index (χ0v) is 11.8. The molecule has 0 atom stereocenters. The molecular weight excluding hydrogens is 256 g/mol. The largest absolute Gasteiger partial charge is 0.507 e. The molecule has 0 amide bonds. The van der Waals surface area contributed by atoms with E-state index in [2.05, 4.69) is 0 Å². The van der Waals surface area contributed by atoms with E-state index in [0.29, 0.717) is 22.4 Å². The van der Waals surface area contributed by atoms with Gasteiger partial charge in [-0.25, -0.2) is 0 Å². The van der Waals surface area contributed by atoms with Crippen molar-refractivity contribution in [1.82, 2.24) is 0 Å². The molecule has 0 aliphatic heterocycles. The monoisotopic (exact) mass is 274 g/mol. The molecule has 0 spiro atoms. The summed E-state index contributed by atoms with van der Waals surface area (Å²) in [6, 6.07) is 6.97. The van der Waals surface area contributed by atoms with Crippen LogP contribution < -0.4 is 4.74 Å². The van der Waals surface area contributed by atoms with Gasteiger partial charge >= 0.3 is 0 Å². The van der Waals surface area contributed by atoms with Crippen molar-refractivity contribution in [2.24, 2.45) is 0 Å². The number of hydrogen-bond donors (Lipinski definition) is 3. The van der Waals surface area contributed by atoms with Crippen LogP contribution in [0.1, 0.15) is 16.7 Å². The molecule has 0 bridgehead atoms. The van der Waals surface area contributed by atoms with E-state index in [0.717, 1.165) is 11.1 Å². The van der Waals surface area contributed by atoms with Crippen LogP contribution in [-0.4, -0.2) is 22.4 Å².